The van der Waals surface area contributed by atoms with E-state index in [9.17, 15) is 5.11 Å². The average Bonchev–Trinajstić information content (AvgIpc) is 1.97. The molecule has 0 amide bonds. The molecule has 3 atom stereocenters. The summed E-state index contributed by atoms with van der Waals surface area (Å²) in [5, 5.41) is 9.30. The van der Waals surface area contributed by atoms with Crippen LogP contribution < -0.4 is 0 Å². The molecule has 0 radical (unpaired) electrons. The van der Waals surface area contributed by atoms with Crippen molar-refractivity contribution in [1.82, 2.24) is 4.90 Å². The van der Waals surface area contributed by atoms with Crippen LogP contribution in [-0.2, 0) is 0 Å². The van der Waals surface area contributed by atoms with Crippen molar-refractivity contribution in [3.63, 3.8) is 0 Å². The van der Waals surface area contributed by atoms with Crippen molar-refractivity contribution >= 4 is 0 Å². The third-order valence-electron chi connectivity index (χ3n) is 2.85. The lowest BCUT2D eigenvalue weighted by Gasteiger charge is -2.39. The molecule has 0 aromatic heterocycles. The summed E-state index contributed by atoms with van der Waals surface area (Å²) < 4.78 is 0. The summed E-state index contributed by atoms with van der Waals surface area (Å²) in [6, 6.07) is 1.31. The lowest BCUT2D eigenvalue weighted by molar-refractivity contribution is 0.0489. The Labute approximate surface area is 75.6 Å². The van der Waals surface area contributed by atoms with Gasteiger partial charge in [-0.05, 0) is 33.6 Å². The first-order valence-electron chi connectivity index (χ1n) is 5.05. The van der Waals surface area contributed by atoms with Gasteiger partial charge in [-0.15, -0.1) is 0 Å². The van der Waals surface area contributed by atoms with Gasteiger partial charge in [-0.3, -0.25) is 4.90 Å². The van der Waals surface area contributed by atoms with Gasteiger partial charge in [-0.25, -0.2) is 0 Å². The molecule has 0 spiro atoms. The Hall–Kier alpha value is -0.0800. The molecule has 1 aliphatic rings. The predicted molar refractivity (Wildman–Crippen MR) is 51.2 cm³/mol. The van der Waals surface area contributed by atoms with Crippen molar-refractivity contribution in [2.24, 2.45) is 0 Å². The van der Waals surface area contributed by atoms with Gasteiger partial charge in [-0.1, -0.05) is 6.42 Å². The quantitative estimate of drug-likeness (QED) is 0.682. The normalized spacial score (nSPS) is 35.0. The molecule has 0 aliphatic carbocycles. The number of piperidine rings is 1. The van der Waals surface area contributed by atoms with Crippen LogP contribution in [-0.4, -0.2) is 34.7 Å². The van der Waals surface area contributed by atoms with Crippen LogP contribution in [0.3, 0.4) is 0 Å². The lowest BCUT2D eigenvalue weighted by Crippen LogP contribution is -2.46. The monoisotopic (exact) mass is 171 g/mol. The molecule has 0 bridgehead atoms. The average molecular weight is 171 g/mol. The number of hydrogen-bond acceptors (Lipinski definition) is 2. The zero-order valence-electron chi connectivity index (χ0n) is 8.45. The van der Waals surface area contributed by atoms with Crippen LogP contribution in [0.1, 0.15) is 40.0 Å². The molecule has 0 aromatic carbocycles. The zero-order valence-corrected chi connectivity index (χ0v) is 8.45. The van der Waals surface area contributed by atoms with E-state index in [1.54, 1.807) is 0 Å². The fourth-order valence-electron chi connectivity index (χ4n) is 2.14. The topological polar surface area (TPSA) is 23.5 Å². The number of likely N-dealkylation sites (tertiary alicyclic amines) is 1. The molecule has 1 N–H and O–H groups in total. The van der Waals surface area contributed by atoms with Crippen molar-refractivity contribution in [2.75, 3.05) is 6.54 Å². The molecule has 12 heavy (non-hydrogen) atoms. The van der Waals surface area contributed by atoms with E-state index in [4.69, 9.17) is 0 Å². The van der Waals surface area contributed by atoms with Gasteiger partial charge in [0.05, 0.1) is 6.10 Å². The molecule has 1 unspecified atom stereocenters. The minimum atomic E-state index is -0.187. The fourth-order valence-corrected chi connectivity index (χ4v) is 2.14. The summed E-state index contributed by atoms with van der Waals surface area (Å²) in [5.74, 6) is 0. The maximum absolute atomic E-state index is 9.30. The van der Waals surface area contributed by atoms with E-state index in [1.807, 2.05) is 6.92 Å². The van der Waals surface area contributed by atoms with E-state index in [0.717, 1.165) is 6.54 Å². The maximum Gasteiger partial charge on any atom is 0.0639 e. The van der Waals surface area contributed by atoms with Crippen molar-refractivity contribution in [3.8, 4) is 0 Å². The first-order valence-corrected chi connectivity index (χ1v) is 5.05. The second kappa shape index (κ2) is 4.24. The van der Waals surface area contributed by atoms with E-state index in [1.165, 1.54) is 19.3 Å². The third-order valence-corrected chi connectivity index (χ3v) is 2.85. The van der Waals surface area contributed by atoms with Crippen LogP contribution >= 0.6 is 0 Å². The molecule has 1 saturated heterocycles. The number of aliphatic hydroxyl groups is 1. The van der Waals surface area contributed by atoms with Crippen LogP contribution in [0, 0.1) is 0 Å². The van der Waals surface area contributed by atoms with Crippen LogP contribution in [0.2, 0.25) is 0 Å². The molecule has 72 valence electrons. The summed E-state index contributed by atoms with van der Waals surface area (Å²) in [6.07, 6.45) is 3.74. The van der Waals surface area contributed by atoms with E-state index >= 15 is 0 Å². The predicted octanol–water partition coefficient (Wildman–Crippen LogP) is 1.63. The minimum Gasteiger partial charge on any atom is -0.392 e. The van der Waals surface area contributed by atoms with Gasteiger partial charge in [0.2, 0.25) is 0 Å². The Balaban J connectivity index is 2.45. The van der Waals surface area contributed by atoms with Crippen molar-refractivity contribution < 1.29 is 5.11 Å². The zero-order chi connectivity index (χ0) is 9.14. The van der Waals surface area contributed by atoms with Crippen LogP contribution in [0.4, 0.5) is 0 Å². The lowest BCUT2D eigenvalue weighted by atomic mass is 9.97. The largest absolute Gasteiger partial charge is 0.392 e. The summed E-state index contributed by atoms with van der Waals surface area (Å²) >= 11 is 0. The van der Waals surface area contributed by atoms with E-state index in [-0.39, 0.29) is 6.10 Å². The van der Waals surface area contributed by atoms with E-state index < -0.39 is 0 Å². The molecule has 1 aliphatic heterocycles. The maximum atomic E-state index is 9.30. The van der Waals surface area contributed by atoms with Crippen LogP contribution in [0.5, 0.6) is 0 Å². The van der Waals surface area contributed by atoms with Gasteiger partial charge < -0.3 is 5.11 Å². The van der Waals surface area contributed by atoms with Gasteiger partial charge >= 0.3 is 0 Å². The standard InChI is InChI=1S/C10H21NO/c1-8-5-4-6-9(2)11(8)7-10(3)12/h8-10,12H,4-7H2,1-3H3/t8-,9+,10?. The number of β-amino-alcohol motifs (C(OH)–C–C–N with tert-alkyl or cyclic N) is 1. The molecule has 0 aromatic rings. The van der Waals surface area contributed by atoms with Crippen molar-refractivity contribution in [3.05, 3.63) is 0 Å². The molecule has 1 heterocycles. The molecule has 0 saturated carbocycles. The summed E-state index contributed by atoms with van der Waals surface area (Å²) in [5.41, 5.74) is 0. The van der Waals surface area contributed by atoms with Gasteiger partial charge in [-0.2, -0.15) is 0 Å². The molecule has 1 rings (SSSR count). The summed E-state index contributed by atoms with van der Waals surface area (Å²) in [6.45, 7) is 7.23. The number of aliphatic hydroxyl groups excluding tert-OH is 1. The summed E-state index contributed by atoms with van der Waals surface area (Å²) in [4.78, 5) is 2.42. The molecule has 2 heteroatoms. The first-order chi connectivity index (χ1) is 5.61. The number of hydrogen-bond donors (Lipinski definition) is 1. The highest BCUT2D eigenvalue weighted by molar-refractivity contribution is 4.80. The minimum absolute atomic E-state index is 0.187. The highest BCUT2D eigenvalue weighted by Gasteiger charge is 2.24. The summed E-state index contributed by atoms with van der Waals surface area (Å²) in [7, 11) is 0. The highest BCUT2D eigenvalue weighted by Crippen LogP contribution is 2.22. The Morgan fingerprint density at radius 2 is 1.83 bits per heavy atom. The molecular weight excluding hydrogens is 150 g/mol. The molecular formula is C10H21NO. The Morgan fingerprint density at radius 1 is 1.33 bits per heavy atom. The van der Waals surface area contributed by atoms with Gasteiger partial charge in [0.15, 0.2) is 0 Å². The van der Waals surface area contributed by atoms with E-state index in [2.05, 4.69) is 18.7 Å². The highest BCUT2D eigenvalue weighted by atomic mass is 16.3. The van der Waals surface area contributed by atoms with E-state index in [0.29, 0.717) is 12.1 Å². The second-order valence-corrected chi connectivity index (χ2v) is 4.17. The number of rotatable bonds is 2. The SMILES string of the molecule is CC(O)CN1[C@H](C)CCC[C@@H]1C. The second-order valence-electron chi connectivity index (χ2n) is 4.17. The molecule has 1 fully saturated rings. The Bertz CT molecular complexity index is 126. The molecule has 2 nitrogen and oxygen atoms in total. The van der Waals surface area contributed by atoms with Gasteiger partial charge in [0.1, 0.15) is 0 Å². The van der Waals surface area contributed by atoms with Gasteiger partial charge in [0, 0.05) is 18.6 Å². The Morgan fingerprint density at radius 3 is 2.25 bits per heavy atom. The Kier molecular flexibility index (Phi) is 3.53. The van der Waals surface area contributed by atoms with Crippen LogP contribution in [0.25, 0.3) is 0 Å². The van der Waals surface area contributed by atoms with Crippen molar-refractivity contribution in [1.29, 1.82) is 0 Å². The number of nitrogens with zero attached hydrogens (tertiary/aromatic N) is 1. The fraction of sp³-hybridized carbons (Fsp3) is 1.00. The smallest absolute Gasteiger partial charge is 0.0639 e. The van der Waals surface area contributed by atoms with Crippen LogP contribution in [0.15, 0.2) is 0 Å². The van der Waals surface area contributed by atoms with Gasteiger partial charge in [0.25, 0.3) is 0 Å². The first kappa shape index (κ1) is 10.0. The van der Waals surface area contributed by atoms with Crippen molar-refractivity contribution in [2.45, 2.75) is 58.2 Å². The third kappa shape index (κ3) is 2.46.